The molecule has 2 heterocycles. The molecule has 4 rings (SSSR count). The van der Waals surface area contributed by atoms with Crippen molar-refractivity contribution in [3.8, 4) is 21.2 Å². The van der Waals surface area contributed by atoms with E-state index < -0.39 is 0 Å². The molecule has 0 saturated carbocycles. The predicted octanol–water partition coefficient (Wildman–Crippen LogP) is 5.74. The summed E-state index contributed by atoms with van der Waals surface area (Å²) in [6.45, 7) is 5.31. The number of aromatic nitrogens is 1. The van der Waals surface area contributed by atoms with Gasteiger partial charge in [0.2, 0.25) is 5.89 Å². The van der Waals surface area contributed by atoms with Crippen molar-refractivity contribution in [3.05, 3.63) is 72.8 Å². The summed E-state index contributed by atoms with van der Waals surface area (Å²) in [6.07, 6.45) is 0. The first-order chi connectivity index (χ1) is 12.6. The normalized spacial score (nSPS) is 10.8. The molecule has 5 heteroatoms. The van der Waals surface area contributed by atoms with Crippen LogP contribution < -0.4 is 5.32 Å². The van der Waals surface area contributed by atoms with Crippen LogP contribution in [0.15, 0.2) is 77.2 Å². The smallest absolute Gasteiger partial charge is 0.250 e. The van der Waals surface area contributed by atoms with Gasteiger partial charge in [-0.3, -0.25) is 4.79 Å². The van der Waals surface area contributed by atoms with E-state index in [9.17, 15) is 4.79 Å². The van der Waals surface area contributed by atoms with Gasteiger partial charge in [-0.15, -0.1) is 11.3 Å². The zero-order valence-electron chi connectivity index (χ0n) is 14.2. The Labute approximate surface area is 154 Å². The van der Waals surface area contributed by atoms with Crippen LogP contribution in [-0.2, 0) is 4.79 Å². The fourth-order valence-electron chi connectivity index (χ4n) is 2.56. The topological polar surface area (TPSA) is 55.1 Å². The first-order valence-electron chi connectivity index (χ1n) is 8.13. The number of anilines is 1. The molecule has 4 aromatic rings. The second-order valence-electron chi connectivity index (χ2n) is 5.97. The van der Waals surface area contributed by atoms with E-state index >= 15 is 0 Å². The van der Waals surface area contributed by atoms with Crippen LogP contribution in [0.5, 0.6) is 0 Å². The number of nitrogens with zero attached hydrogens (tertiary/aromatic N) is 1. The third-order valence-electron chi connectivity index (χ3n) is 3.91. The van der Waals surface area contributed by atoms with Crippen molar-refractivity contribution >= 4 is 34.0 Å². The molecule has 0 unspecified atom stereocenters. The number of benzene rings is 2. The van der Waals surface area contributed by atoms with Crippen LogP contribution in [0.2, 0.25) is 0 Å². The highest BCUT2D eigenvalue weighted by atomic mass is 32.1. The molecular weight excluding hydrogens is 344 g/mol. The van der Waals surface area contributed by atoms with Gasteiger partial charge in [0, 0.05) is 16.1 Å². The van der Waals surface area contributed by atoms with Gasteiger partial charge in [0.15, 0.2) is 5.58 Å². The van der Waals surface area contributed by atoms with Gasteiger partial charge in [-0.05, 0) is 42.8 Å². The minimum Gasteiger partial charge on any atom is -0.435 e. The number of carbonyl (C=O) groups is 1. The van der Waals surface area contributed by atoms with Crippen LogP contribution >= 0.6 is 11.3 Å². The van der Waals surface area contributed by atoms with Gasteiger partial charge in [0.05, 0.1) is 4.88 Å². The molecule has 1 amide bonds. The number of amides is 1. The first-order valence-corrected chi connectivity index (χ1v) is 8.95. The summed E-state index contributed by atoms with van der Waals surface area (Å²) in [5.41, 5.74) is 3.68. The minimum atomic E-state index is -0.209. The van der Waals surface area contributed by atoms with Crippen molar-refractivity contribution in [2.75, 3.05) is 5.32 Å². The molecule has 0 aliphatic rings. The van der Waals surface area contributed by atoms with Gasteiger partial charge in [0.25, 0.3) is 5.91 Å². The number of thiophene rings is 1. The molecule has 0 atom stereocenters. The lowest BCUT2D eigenvalue weighted by Gasteiger charge is -2.03. The molecule has 0 saturated heterocycles. The Morgan fingerprint density at radius 3 is 2.62 bits per heavy atom. The Hall–Kier alpha value is -3.18. The van der Waals surface area contributed by atoms with Crippen LogP contribution in [0.1, 0.15) is 6.92 Å². The summed E-state index contributed by atoms with van der Waals surface area (Å²) >= 11 is 1.64. The molecule has 0 aliphatic carbocycles. The predicted molar refractivity (Wildman–Crippen MR) is 106 cm³/mol. The fraction of sp³-hybridized carbons (Fsp3) is 0.0476. The van der Waals surface area contributed by atoms with Crippen molar-refractivity contribution < 1.29 is 9.21 Å². The minimum absolute atomic E-state index is 0.209. The molecule has 1 N–H and O–H groups in total. The van der Waals surface area contributed by atoms with E-state index in [4.69, 9.17) is 4.42 Å². The summed E-state index contributed by atoms with van der Waals surface area (Å²) in [7, 11) is 0. The van der Waals surface area contributed by atoms with Gasteiger partial charge in [-0.2, -0.15) is 0 Å². The van der Waals surface area contributed by atoms with Gasteiger partial charge in [-0.1, -0.05) is 36.9 Å². The Morgan fingerprint density at radius 2 is 1.85 bits per heavy atom. The van der Waals surface area contributed by atoms with E-state index in [0.29, 0.717) is 28.3 Å². The SMILES string of the molecule is C=C(C)C(=O)Nc1ccc2oc(-c3ccc(-c4ccccc4)s3)nc2c1. The number of rotatable bonds is 4. The molecule has 2 aromatic carbocycles. The molecule has 0 aliphatic heterocycles. The third kappa shape index (κ3) is 3.17. The summed E-state index contributed by atoms with van der Waals surface area (Å²) < 4.78 is 5.88. The van der Waals surface area contributed by atoms with E-state index in [0.717, 1.165) is 9.75 Å². The highest BCUT2D eigenvalue weighted by molar-refractivity contribution is 7.18. The van der Waals surface area contributed by atoms with Crippen molar-refractivity contribution in [1.29, 1.82) is 0 Å². The first kappa shape index (κ1) is 16.3. The lowest BCUT2D eigenvalue weighted by atomic mass is 10.2. The zero-order chi connectivity index (χ0) is 18.1. The van der Waals surface area contributed by atoms with E-state index in [2.05, 4.69) is 35.1 Å². The van der Waals surface area contributed by atoms with Crippen LogP contribution in [0, 0.1) is 0 Å². The molecule has 2 aromatic heterocycles. The van der Waals surface area contributed by atoms with E-state index in [1.165, 1.54) is 5.56 Å². The monoisotopic (exact) mass is 360 g/mol. The van der Waals surface area contributed by atoms with E-state index in [1.54, 1.807) is 30.4 Å². The van der Waals surface area contributed by atoms with Gasteiger partial charge < -0.3 is 9.73 Å². The maximum absolute atomic E-state index is 11.8. The zero-order valence-corrected chi connectivity index (χ0v) is 15.0. The number of oxazole rings is 1. The highest BCUT2D eigenvalue weighted by Gasteiger charge is 2.13. The van der Waals surface area contributed by atoms with Gasteiger partial charge >= 0.3 is 0 Å². The van der Waals surface area contributed by atoms with Crippen LogP contribution in [0.25, 0.3) is 32.3 Å². The highest BCUT2D eigenvalue weighted by Crippen LogP contribution is 2.35. The van der Waals surface area contributed by atoms with Gasteiger partial charge in [-0.25, -0.2) is 4.98 Å². The average molecular weight is 360 g/mol. The molecule has 0 spiro atoms. The number of carbonyl (C=O) groups excluding carboxylic acids is 1. The van der Waals surface area contributed by atoms with E-state index in [1.807, 2.05) is 30.3 Å². The van der Waals surface area contributed by atoms with E-state index in [-0.39, 0.29) is 5.91 Å². The fourth-order valence-corrected chi connectivity index (χ4v) is 3.50. The third-order valence-corrected chi connectivity index (χ3v) is 5.03. The standard InChI is InChI=1S/C21H16N2O2S/c1-13(2)20(24)22-15-8-9-17-16(12-15)23-21(25-17)19-11-10-18(26-19)14-6-4-3-5-7-14/h3-12H,1H2,2H3,(H,22,24). The molecular formula is C21H16N2O2S. The lowest BCUT2D eigenvalue weighted by molar-refractivity contribution is -0.112. The number of hydrogen-bond acceptors (Lipinski definition) is 4. The summed E-state index contributed by atoms with van der Waals surface area (Å²) in [4.78, 5) is 18.5. The van der Waals surface area contributed by atoms with Crippen molar-refractivity contribution in [1.82, 2.24) is 4.98 Å². The summed E-state index contributed by atoms with van der Waals surface area (Å²) in [5, 5.41) is 2.79. The number of hydrogen-bond donors (Lipinski definition) is 1. The molecule has 128 valence electrons. The molecule has 4 nitrogen and oxygen atoms in total. The van der Waals surface area contributed by atoms with Crippen LogP contribution in [-0.4, -0.2) is 10.9 Å². The number of nitrogens with one attached hydrogen (secondary N) is 1. The maximum atomic E-state index is 11.8. The average Bonchev–Trinajstić information content (AvgIpc) is 3.29. The Morgan fingerprint density at radius 1 is 1.08 bits per heavy atom. The lowest BCUT2D eigenvalue weighted by Crippen LogP contribution is -2.11. The largest absolute Gasteiger partial charge is 0.435 e. The summed E-state index contributed by atoms with van der Waals surface area (Å²) in [5.74, 6) is 0.370. The molecule has 26 heavy (non-hydrogen) atoms. The van der Waals surface area contributed by atoms with Crippen molar-refractivity contribution in [2.45, 2.75) is 6.92 Å². The second kappa shape index (κ2) is 6.61. The molecule has 0 bridgehead atoms. The van der Waals surface area contributed by atoms with Crippen LogP contribution in [0.4, 0.5) is 5.69 Å². The quantitative estimate of drug-likeness (QED) is 0.472. The Bertz CT molecular complexity index is 1110. The van der Waals surface area contributed by atoms with Gasteiger partial charge in [0.1, 0.15) is 5.52 Å². The number of fused-ring (bicyclic) bond motifs is 1. The van der Waals surface area contributed by atoms with Crippen molar-refractivity contribution in [3.63, 3.8) is 0 Å². The van der Waals surface area contributed by atoms with Crippen LogP contribution in [0.3, 0.4) is 0 Å². The molecule has 0 fully saturated rings. The second-order valence-corrected chi connectivity index (χ2v) is 7.05. The maximum Gasteiger partial charge on any atom is 0.250 e. The Balaban J connectivity index is 1.64. The van der Waals surface area contributed by atoms with Crippen molar-refractivity contribution in [2.24, 2.45) is 0 Å². The molecule has 0 radical (unpaired) electrons. The summed E-state index contributed by atoms with van der Waals surface area (Å²) in [6, 6.07) is 19.7. The Kier molecular flexibility index (Phi) is 4.14.